The third-order valence-corrected chi connectivity index (χ3v) is 9.51. The molecule has 0 unspecified atom stereocenters. The van der Waals surface area contributed by atoms with E-state index in [1.165, 1.54) is 0 Å². The average molecular weight is 732 g/mol. The Kier molecular flexibility index (Phi) is 17.7. The molecule has 1 aliphatic rings. The molecule has 284 valence electrons. The van der Waals surface area contributed by atoms with Crippen LogP contribution in [0.1, 0.15) is 72.8 Å². The van der Waals surface area contributed by atoms with E-state index in [2.05, 4.69) is 49.5 Å². The predicted molar refractivity (Wildman–Crippen MR) is 199 cm³/mol. The van der Waals surface area contributed by atoms with Crippen molar-refractivity contribution in [1.29, 1.82) is 0 Å². The summed E-state index contributed by atoms with van der Waals surface area (Å²) in [6.45, 7) is 11.0. The highest BCUT2D eigenvalue weighted by Crippen LogP contribution is 2.15. The second kappa shape index (κ2) is 21.1. The van der Waals surface area contributed by atoms with E-state index < -0.39 is 77.6 Å². The number of carbonyl (C=O) groups excluding carboxylic acids is 6. The first-order valence-corrected chi connectivity index (χ1v) is 18.3. The van der Waals surface area contributed by atoms with Crippen molar-refractivity contribution in [3.63, 3.8) is 0 Å². The topological polar surface area (TPSA) is 239 Å². The smallest absolute Gasteiger partial charge is 0.244 e. The van der Waals surface area contributed by atoms with Gasteiger partial charge in [0.25, 0.3) is 0 Å². The number of aliphatic imine (C=N–C) groups is 1. The van der Waals surface area contributed by atoms with Gasteiger partial charge in [0.05, 0.1) is 0 Å². The van der Waals surface area contributed by atoms with E-state index in [9.17, 15) is 28.8 Å². The summed E-state index contributed by atoms with van der Waals surface area (Å²) in [7, 11) is 0. The van der Waals surface area contributed by atoms with Crippen LogP contribution in [0.5, 0.6) is 0 Å². The maximum atomic E-state index is 14.0. The molecule has 10 N–H and O–H groups in total. The van der Waals surface area contributed by atoms with Crippen LogP contribution in [-0.4, -0.2) is 90.0 Å². The maximum Gasteiger partial charge on any atom is 0.244 e. The van der Waals surface area contributed by atoms with Crippen LogP contribution in [-0.2, 0) is 35.2 Å². The highest BCUT2D eigenvalue weighted by Gasteiger charge is 2.37. The van der Waals surface area contributed by atoms with Crippen molar-refractivity contribution < 1.29 is 28.8 Å². The Morgan fingerprint density at radius 1 is 0.667 bits per heavy atom. The van der Waals surface area contributed by atoms with Gasteiger partial charge in [0.15, 0.2) is 5.96 Å². The maximum absolute atomic E-state index is 14.0. The van der Waals surface area contributed by atoms with E-state index in [4.69, 9.17) is 11.5 Å². The molecule has 15 nitrogen and oxygen atoms in total. The molecular weight excluding hydrogens is 675 g/mol. The Bertz CT molecular complexity index is 1370. The molecular formula is C35H57N9O6S. The molecule has 0 spiro atoms. The standard InChI is InChI=1S/C35H57N9O6S/c1-7-20(5)27-33(49)40-24(17-22-13-10-9-11-14-22)30(46)41-25(18-51)31(47)39-23(15-12-16-38-35(36)37)29(45)42-26(19(3)4)32(48)43-28(21(6)8-2)34(50)44-27/h9-11,13-14,19-21,23-28,51H,7-8,12,15-18H2,1-6H3,(H,39,47)(H,40,49)(H,41,46)(H,42,45)(H,43,48)(H,44,50)(H4,36,37,38)/t20-,21-,23-,24-,25-,26-,27-,28-/m0/s1. The highest BCUT2D eigenvalue weighted by atomic mass is 32.1. The Morgan fingerprint density at radius 2 is 1.12 bits per heavy atom. The van der Waals surface area contributed by atoms with Crippen LogP contribution >= 0.6 is 12.6 Å². The third kappa shape index (κ3) is 13.4. The highest BCUT2D eigenvalue weighted by molar-refractivity contribution is 7.80. The zero-order valence-corrected chi connectivity index (χ0v) is 31.4. The first kappa shape index (κ1) is 42.8. The minimum absolute atomic E-state index is 0.0818. The first-order valence-electron chi connectivity index (χ1n) is 17.7. The van der Waals surface area contributed by atoms with Gasteiger partial charge in [-0.05, 0) is 36.2 Å². The summed E-state index contributed by atoms with van der Waals surface area (Å²) in [5, 5.41) is 16.6. The van der Waals surface area contributed by atoms with Gasteiger partial charge in [-0.25, -0.2) is 0 Å². The van der Waals surface area contributed by atoms with Crippen molar-refractivity contribution in [2.24, 2.45) is 34.2 Å². The number of carbonyl (C=O) groups is 6. The number of rotatable bonds is 12. The lowest BCUT2D eigenvalue weighted by Crippen LogP contribution is -2.63. The molecule has 51 heavy (non-hydrogen) atoms. The molecule has 1 fully saturated rings. The number of nitrogens with zero attached hydrogens (tertiary/aromatic N) is 1. The van der Waals surface area contributed by atoms with E-state index >= 15 is 0 Å². The number of guanidine groups is 1. The Morgan fingerprint density at radius 3 is 1.63 bits per heavy atom. The minimum atomic E-state index is -1.20. The average Bonchev–Trinajstić information content (AvgIpc) is 3.10. The number of amides is 6. The zero-order chi connectivity index (χ0) is 38.2. The van der Waals surface area contributed by atoms with E-state index in [1.807, 2.05) is 19.9 Å². The van der Waals surface area contributed by atoms with E-state index in [-0.39, 0.29) is 42.9 Å². The fourth-order valence-corrected chi connectivity index (χ4v) is 5.77. The minimum Gasteiger partial charge on any atom is -0.370 e. The number of nitrogens with two attached hydrogens (primary N) is 2. The largest absolute Gasteiger partial charge is 0.370 e. The van der Waals surface area contributed by atoms with Crippen LogP contribution in [0.2, 0.25) is 0 Å². The normalized spacial score (nSPS) is 25.5. The van der Waals surface area contributed by atoms with Crippen LogP contribution in [0.25, 0.3) is 0 Å². The van der Waals surface area contributed by atoms with E-state index in [0.29, 0.717) is 19.3 Å². The van der Waals surface area contributed by atoms with Crippen molar-refractivity contribution >= 4 is 54.0 Å². The third-order valence-electron chi connectivity index (χ3n) is 9.14. The Labute approximate surface area is 306 Å². The van der Waals surface area contributed by atoms with Crippen LogP contribution in [0.4, 0.5) is 0 Å². The molecule has 1 aliphatic heterocycles. The van der Waals surface area contributed by atoms with E-state index in [0.717, 1.165) is 5.56 Å². The summed E-state index contributed by atoms with van der Waals surface area (Å²) in [4.78, 5) is 86.8. The summed E-state index contributed by atoms with van der Waals surface area (Å²) in [5.74, 6) is -5.14. The second-order valence-electron chi connectivity index (χ2n) is 13.5. The summed E-state index contributed by atoms with van der Waals surface area (Å²) in [6, 6.07) is 2.34. The molecule has 0 aromatic heterocycles. The lowest BCUT2D eigenvalue weighted by Gasteiger charge is -2.32. The number of hydrogen-bond donors (Lipinski definition) is 9. The molecule has 16 heteroatoms. The summed E-state index contributed by atoms with van der Waals surface area (Å²) in [6.07, 6.45) is 1.51. The lowest BCUT2D eigenvalue weighted by atomic mass is 9.93. The number of benzene rings is 1. The van der Waals surface area contributed by atoms with Gasteiger partial charge >= 0.3 is 0 Å². The molecule has 2 rings (SSSR count). The molecule has 1 aromatic rings. The van der Waals surface area contributed by atoms with Crippen LogP contribution < -0.4 is 43.4 Å². The van der Waals surface area contributed by atoms with Crippen LogP contribution in [0, 0.1) is 17.8 Å². The molecule has 0 saturated carbocycles. The van der Waals surface area contributed by atoms with Crippen LogP contribution in [0.15, 0.2) is 35.3 Å². The van der Waals surface area contributed by atoms with Crippen molar-refractivity contribution in [2.75, 3.05) is 12.3 Å². The number of thiol groups is 1. The first-order chi connectivity index (χ1) is 24.1. The fraction of sp³-hybridized carbons (Fsp3) is 0.629. The van der Waals surface area contributed by atoms with Gasteiger partial charge in [-0.3, -0.25) is 33.8 Å². The molecule has 0 radical (unpaired) electrons. The van der Waals surface area contributed by atoms with Gasteiger partial charge in [0.1, 0.15) is 36.3 Å². The Balaban J connectivity index is 2.64. The van der Waals surface area contributed by atoms with Crippen molar-refractivity contribution in [2.45, 2.75) is 110 Å². The molecule has 0 bridgehead atoms. The van der Waals surface area contributed by atoms with Crippen LogP contribution in [0.3, 0.4) is 0 Å². The van der Waals surface area contributed by atoms with Crippen molar-refractivity contribution in [1.82, 2.24) is 31.9 Å². The number of nitrogens with one attached hydrogen (secondary N) is 6. The molecule has 8 atom stereocenters. The van der Waals surface area contributed by atoms with Gasteiger partial charge in [-0.15, -0.1) is 0 Å². The number of hydrogen-bond acceptors (Lipinski definition) is 8. The zero-order valence-electron chi connectivity index (χ0n) is 30.5. The molecule has 1 saturated heterocycles. The molecule has 1 aromatic carbocycles. The Hall–Kier alpha value is -4.34. The van der Waals surface area contributed by atoms with Crippen molar-refractivity contribution in [3.8, 4) is 0 Å². The van der Waals surface area contributed by atoms with Gasteiger partial charge in [-0.2, -0.15) is 12.6 Å². The second-order valence-corrected chi connectivity index (χ2v) is 13.8. The van der Waals surface area contributed by atoms with Gasteiger partial charge in [0, 0.05) is 18.7 Å². The monoisotopic (exact) mass is 731 g/mol. The lowest BCUT2D eigenvalue weighted by molar-refractivity contribution is -0.138. The van der Waals surface area contributed by atoms with Gasteiger partial charge in [-0.1, -0.05) is 84.7 Å². The summed E-state index contributed by atoms with van der Waals surface area (Å²) >= 11 is 4.30. The van der Waals surface area contributed by atoms with Gasteiger partial charge < -0.3 is 43.4 Å². The van der Waals surface area contributed by atoms with Crippen molar-refractivity contribution in [3.05, 3.63) is 35.9 Å². The van der Waals surface area contributed by atoms with E-state index in [1.54, 1.807) is 52.0 Å². The predicted octanol–water partition coefficient (Wildman–Crippen LogP) is -0.117. The fourth-order valence-electron chi connectivity index (χ4n) is 5.51. The summed E-state index contributed by atoms with van der Waals surface area (Å²) < 4.78 is 0. The van der Waals surface area contributed by atoms with Gasteiger partial charge in [0.2, 0.25) is 35.4 Å². The summed E-state index contributed by atoms with van der Waals surface area (Å²) in [5.41, 5.74) is 11.6. The molecule has 1 heterocycles. The SMILES string of the molecule is CC[C@H](C)[C@@H]1NC(=O)[C@H](C(C)C)NC(=O)[C@H](CCCN=C(N)N)NC(=O)[C@H](CS)NC(=O)[C@H](Cc2ccccc2)NC(=O)[C@H]([C@@H](C)CC)NC1=O. The molecule has 6 amide bonds. The molecule has 0 aliphatic carbocycles. The quantitative estimate of drug-likeness (QED) is 0.0607.